The summed E-state index contributed by atoms with van der Waals surface area (Å²) >= 11 is 0. The van der Waals surface area contributed by atoms with E-state index in [1.54, 1.807) is 6.92 Å². The van der Waals surface area contributed by atoms with Crippen molar-refractivity contribution in [3.8, 4) is 0 Å². The zero-order valence-corrected chi connectivity index (χ0v) is 11.7. The lowest BCUT2D eigenvalue weighted by Crippen LogP contribution is -2.37. The summed E-state index contributed by atoms with van der Waals surface area (Å²) in [6, 6.07) is 0. The fourth-order valence-electron chi connectivity index (χ4n) is 1.23. The zero-order chi connectivity index (χ0) is 13.6. The first-order valence-electron chi connectivity index (χ1n) is 5.62. The molecule has 0 aromatic rings. The van der Waals surface area contributed by atoms with Crippen molar-refractivity contribution in [2.45, 2.75) is 27.2 Å². The molecule has 3 N–H and O–H groups in total. The van der Waals surface area contributed by atoms with Crippen LogP contribution in [0.5, 0.6) is 0 Å². The van der Waals surface area contributed by atoms with E-state index in [2.05, 4.69) is 5.16 Å². The molecule has 0 saturated carbocycles. The van der Waals surface area contributed by atoms with E-state index >= 15 is 0 Å². The second-order valence-corrected chi connectivity index (χ2v) is 6.90. The summed E-state index contributed by atoms with van der Waals surface area (Å²) in [4.78, 5) is 0. The summed E-state index contributed by atoms with van der Waals surface area (Å²) in [5, 5.41) is 11.4. The smallest absolute Gasteiger partial charge is 0.213 e. The molecular weight excluding hydrogens is 242 g/mol. The lowest BCUT2D eigenvalue weighted by molar-refractivity contribution is 0.312. The van der Waals surface area contributed by atoms with Gasteiger partial charge in [0.15, 0.2) is 0 Å². The SMILES string of the molecule is CC(C)CCS(=O)(=O)N(C)CC(C)/C(N)=N/O. The van der Waals surface area contributed by atoms with Crippen molar-refractivity contribution in [2.75, 3.05) is 19.3 Å². The first kappa shape index (κ1) is 16.2. The maximum atomic E-state index is 11.9. The average molecular weight is 265 g/mol. The number of amidine groups is 1. The number of nitrogens with zero attached hydrogens (tertiary/aromatic N) is 2. The Morgan fingerprint density at radius 3 is 2.35 bits per heavy atom. The number of sulfonamides is 1. The minimum atomic E-state index is -3.25. The van der Waals surface area contributed by atoms with E-state index < -0.39 is 10.0 Å². The van der Waals surface area contributed by atoms with Gasteiger partial charge in [0.25, 0.3) is 0 Å². The quantitative estimate of drug-likeness (QED) is 0.306. The van der Waals surface area contributed by atoms with Crippen molar-refractivity contribution < 1.29 is 13.6 Å². The van der Waals surface area contributed by atoms with Crippen LogP contribution in [0, 0.1) is 11.8 Å². The molecule has 17 heavy (non-hydrogen) atoms. The Balaban J connectivity index is 4.44. The number of rotatable bonds is 7. The molecule has 0 saturated heterocycles. The van der Waals surface area contributed by atoms with Gasteiger partial charge in [-0.15, -0.1) is 0 Å². The normalized spacial score (nSPS) is 15.5. The Kier molecular flexibility index (Phi) is 6.48. The Bertz CT molecular complexity index is 352. The highest BCUT2D eigenvalue weighted by molar-refractivity contribution is 7.89. The molecule has 0 spiro atoms. The molecule has 0 aliphatic heterocycles. The summed E-state index contributed by atoms with van der Waals surface area (Å²) in [7, 11) is -1.74. The minimum Gasteiger partial charge on any atom is -0.409 e. The van der Waals surface area contributed by atoms with E-state index in [-0.39, 0.29) is 24.1 Å². The Hall–Kier alpha value is -0.820. The van der Waals surface area contributed by atoms with E-state index in [0.717, 1.165) is 0 Å². The highest BCUT2D eigenvalue weighted by atomic mass is 32.2. The summed E-state index contributed by atoms with van der Waals surface area (Å²) in [5.74, 6) is 0.207. The van der Waals surface area contributed by atoms with Crippen LogP contribution >= 0.6 is 0 Å². The number of nitrogens with two attached hydrogens (primary N) is 1. The molecular formula is C10H23N3O3S. The third kappa shape index (κ3) is 5.88. The van der Waals surface area contributed by atoms with Gasteiger partial charge < -0.3 is 10.9 Å². The van der Waals surface area contributed by atoms with Crippen LogP contribution in [-0.2, 0) is 10.0 Å². The van der Waals surface area contributed by atoms with Gasteiger partial charge in [0.2, 0.25) is 10.0 Å². The molecule has 0 aromatic carbocycles. The number of oxime groups is 1. The Morgan fingerprint density at radius 2 is 1.94 bits per heavy atom. The first-order chi connectivity index (χ1) is 7.70. The van der Waals surface area contributed by atoms with Gasteiger partial charge in [-0.2, -0.15) is 0 Å². The molecule has 0 bridgehead atoms. The van der Waals surface area contributed by atoms with Crippen LogP contribution in [0.4, 0.5) is 0 Å². The molecule has 0 aliphatic rings. The summed E-state index contributed by atoms with van der Waals surface area (Å²) < 4.78 is 25.0. The topological polar surface area (TPSA) is 96.0 Å². The van der Waals surface area contributed by atoms with E-state index in [1.165, 1.54) is 11.4 Å². The molecule has 0 aliphatic carbocycles. The van der Waals surface area contributed by atoms with Crippen LogP contribution in [0.15, 0.2) is 5.16 Å². The fraction of sp³-hybridized carbons (Fsp3) is 0.900. The maximum absolute atomic E-state index is 11.9. The molecule has 0 aromatic heterocycles. The first-order valence-corrected chi connectivity index (χ1v) is 7.23. The predicted molar refractivity (Wildman–Crippen MR) is 68.4 cm³/mol. The monoisotopic (exact) mass is 265 g/mol. The molecule has 0 radical (unpaired) electrons. The van der Waals surface area contributed by atoms with Crippen molar-refractivity contribution in [3.05, 3.63) is 0 Å². The fourth-order valence-corrected chi connectivity index (χ4v) is 2.76. The van der Waals surface area contributed by atoms with Gasteiger partial charge in [0.1, 0.15) is 5.84 Å². The molecule has 0 heterocycles. The molecule has 1 unspecified atom stereocenters. The Morgan fingerprint density at radius 1 is 1.41 bits per heavy atom. The van der Waals surface area contributed by atoms with Gasteiger partial charge in [-0.05, 0) is 12.3 Å². The largest absolute Gasteiger partial charge is 0.409 e. The number of hydrogen-bond donors (Lipinski definition) is 2. The molecule has 0 rings (SSSR count). The van der Waals surface area contributed by atoms with Crippen molar-refractivity contribution >= 4 is 15.9 Å². The van der Waals surface area contributed by atoms with Crippen LogP contribution in [0.25, 0.3) is 0 Å². The van der Waals surface area contributed by atoms with Crippen molar-refractivity contribution in [2.24, 2.45) is 22.7 Å². The van der Waals surface area contributed by atoms with Crippen LogP contribution in [0.2, 0.25) is 0 Å². The summed E-state index contributed by atoms with van der Waals surface area (Å²) in [5.41, 5.74) is 5.41. The van der Waals surface area contributed by atoms with Crippen LogP contribution in [-0.4, -0.2) is 43.1 Å². The van der Waals surface area contributed by atoms with Gasteiger partial charge in [0, 0.05) is 19.5 Å². The zero-order valence-electron chi connectivity index (χ0n) is 10.9. The minimum absolute atomic E-state index is 0.0379. The van der Waals surface area contributed by atoms with E-state index in [9.17, 15) is 8.42 Å². The van der Waals surface area contributed by atoms with Crippen LogP contribution in [0.3, 0.4) is 0 Å². The molecule has 102 valence electrons. The highest BCUT2D eigenvalue weighted by Crippen LogP contribution is 2.09. The lowest BCUT2D eigenvalue weighted by Gasteiger charge is -2.20. The third-order valence-corrected chi connectivity index (χ3v) is 4.43. The van der Waals surface area contributed by atoms with Crippen molar-refractivity contribution in [1.29, 1.82) is 0 Å². The third-order valence-electron chi connectivity index (χ3n) is 2.58. The van der Waals surface area contributed by atoms with Crippen molar-refractivity contribution in [3.63, 3.8) is 0 Å². The van der Waals surface area contributed by atoms with Crippen molar-refractivity contribution in [1.82, 2.24) is 4.31 Å². The number of hydrogen-bond acceptors (Lipinski definition) is 4. The maximum Gasteiger partial charge on any atom is 0.213 e. The molecule has 6 nitrogen and oxygen atoms in total. The second-order valence-electron chi connectivity index (χ2n) is 4.70. The summed E-state index contributed by atoms with van der Waals surface area (Å²) in [6.45, 7) is 5.89. The molecule has 7 heteroatoms. The second kappa shape index (κ2) is 6.80. The summed E-state index contributed by atoms with van der Waals surface area (Å²) in [6.07, 6.45) is 0.630. The van der Waals surface area contributed by atoms with Gasteiger partial charge >= 0.3 is 0 Å². The molecule has 0 fully saturated rings. The van der Waals surface area contributed by atoms with Crippen LogP contribution in [0.1, 0.15) is 27.2 Å². The van der Waals surface area contributed by atoms with E-state index in [0.29, 0.717) is 12.3 Å². The average Bonchev–Trinajstić information content (AvgIpc) is 2.25. The van der Waals surface area contributed by atoms with Gasteiger partial charge in [0.05, 0.1) is 5.75 Å². The van der Waals surface area contributed by atoms with Gasteiger partial charge in [-0.1, -0.05) is 25.9 Å². The lowest BCUT2D eigenvalue weighted by atomic mass is 10.2. The predicted octanol–water partition coefficient (Wildman–Crippen LogP) is 0.677. The van der Waals surface area contributed by atoms with Gasteiger partial charge in [-0.3, -0.25) is 0 Å². The highest BCUT2D eigenvalue weighted by Gasteiger charge is 2.21. The van der Waals surface area contributed by atoms with E-state index in [4.69, 9.17) is 10.9 Å². The standard InChI is InChI=1S/C10H23N3O3S/c1-8(2)5-6-17(15,16)13(4)7-9(3)10(11)12-14/h8-9,14H,5-7H2,1-4H3,(H2,11,12). The van der Waals surface area contributed by atoms with Crippen LogP contribution < -0.4 is 5.73 Å². The molecule has 0 amide bonds. The van der Waals surface area contributed by atoms with Gasteiger partial charge in [-0.25, -0.2) is 12.7 Å². The molecule has 1 atom stereocenters. The van der Waals surface area contributed by atoms with E-state index in [1.807, 2.05) is 13.8 Å². The Labute approximate surface area is 104 Å².